The molecule has 8 heteroatoms. The van der Waals surface area contributed by atoms with Gasteiger partial charge in [0.1, 0.15) is 5.75 Å². The molecule has 0 radical (unpaired) electrons. The molecule has 6 nitrogen and oxygen atoms in total. The van der Waals surface area contributed by atoms with Crippen molar-refractivity contribution in [3.63, 3.8) is 0 Å². The molecule has 1 saturated heterocycles. The number of aryl methyl sites for hydroxylation is 1. The molecular weight excluding hydrogens is 362 g/mol. The fourth-order valence-electron chi connectivity index (χ4n) is 2.61. The minimum absolute atomic E-state index is 0. The summed E-state index contributed by atoms with van der Waals surface area (Å²) in [7, 11) is 1.64. The number of morpholine rings is 1. The van der Waals surface area contributed by atoms with Gasteiger partial charge in [-0.25, -0.2) is 4.98 Å². The van der Waals surface area contributed by atoms with E-state index in [-0.39, 0.29) is 24.4 Å². The molecule has 25 heavy (non-hydrogen) atoms. The summed E-state index contributed by atoms with van der Waals surface area (Å²) in [4.78, 5) is 17.8. The van der Waals surface area contributed by atoms with E-state index in [1.165, 1.54) is 11.3 Å². The van der Waals surface area contributed by atoms with Crippen LogP contribution in [0.4, 0.5) is 5.13 Å². The molecule has 1 amide bonds. The molecule has 1 unspecified atom stereocenters. The normalized spacial score (nSPS) is 16.8. The summed E-state index contributed by atoms with van der Waals surface area (Å²) in [6, 6.07) is 7.81. The molecule has 2 N–H and O–H groups in total. The van der Waals surface area contributed by atoms with Crippen LogP contribution in [-0.4, -0.2) is 43.8 Å². The van der Waals surface area contributed by atoms with E-state index < -0.39 is 0 Å². The number of thiazole rings is 1. The number of methoxy groups -OCH3 is 1. The van der Waals surface area contributed by atoms with Crippen molar-refractivity contribution in [3.05, 3.63) is 29.1 Å². The highest BCUT2D eigenvalue weighted by atomic mass is 35.5. The van der Waals surface area contributed by atoms with Crippen molar-refractivity contribution >= 4 is 34.8 Å². The van der Waals surface area contributed by atoms with Crippen molar-refractivity contribution < 1.29 is 14.3 Å². The van der Waals surface area contributed by atoms with Crippen LogP contribution in [-0.2, 0) is 9.53 Å². The first-order valence-corrected chi connectivity index (χ1v) is 8.70. The summed E-state index contributed by atoms with van der Waals surface area (Å²) >= 11 is 1.48. The van der Waals surface area contributed by atoms with Gasteiger partial charge in [-0.05, 0) is 31.2 Å². The average molecular weight is 384 g/mol. The van der Waals surface area contributed by atoms with Crippen LogP contribution >= 0.6 is 23.7 Å². The highest BCUT2D eigenvalue weighted by Crippen LogP contribution is 2.31. The lowest BCUT2D eigenvalue weighted by Crippen LogP contribution is -2.43. The van der Waals surface area contributed by atoms with Gasteiger partial charge >= 0.3 is 0 Å². The van der Waals surface area contributed by atoms with Crippen LogP contribution in [0.25, 0.3) is 11.3 Å². The van der Waals surface area contributed by atoms with Gasteiger partial charge in [0.25, 0.3) is 0 Å². The van der Waals surface area contributed by atoms with E-state index in [0.29, 0.717) is 24.8 Å². The summed E-state index contributed by atoms with van der Waals surface area (Å²) in [5.74, 6) is 0.760. The van der Waals surface area contributed by atoms with Crippen LogP contribution in [0.1, 0.15) is 11.3 Å². The Bertz CT molecular complexity index is 700. The Morgan fingerprint density at radius 2 is 2.20 bits per heavy atom. The van der Waals surface area contributed by atoms with Crippen LogP contribution in [0.15, 0.2) is 24.3 Å². The Morgan fingerprint density at radius 1 is 1.44 bits per heavy atom. The monoisotopic (exact) mass is 383 g/mol. The Hall–Kier alpha value is -1.67. The maximum atomic E-state index is 12.2. The lowest BCUT2D eigenvalue weighted by molar-refractivity contribution is -0.117. The molecule has 136 valence electrons. The number of hydrogen-bond acceptors (Lipinski definition) is 6. The largest absolute Gasteiger partial charge is 0.497 e. The highest BCUT2D eigenvalue weighted by molar-refractivity contribution is 7.16. The fourth-order valence-corrected chi connectivity index (χ4v) is 3.46. The molecule has 0 bridgehead atoms. The quantitative estimate of drug-likeness (QED) is 0.830. The van der Waals surface area contributed by atoms with E-state index >= 15 is 0 Å². The van der Waals surface area contributed by atoms with Crippen molar-refractivity contribution in [1.82, 2.24) is 10.3 Å². The lowest BCUT2D eigenvalue weighted by Gasteiger charge is -2.22. The number of halogens is 1. The molecule has 1 fully saturated rings. The smallest absolute Gasteiger partial charge is 0.227 e. The van der Waals surface area contributed by atoms with Gasteiger partial charge in [0.05, 0.1) is 26.0 Å². The molecule has 1 aliphatic rings. The van der Waals surface area contributed by atoms with E-state index in [4.69, 9.17) is 9.47 Å². The fraction of sp³-hybridized carbons (Fsp3) is 0.412. The van der Waals surface area contributed by atoms with Crippen LogP contribution in [0.5, 0.6) is 5.75 Å². The van der Waals surface area contributed by atoms with Crippen LogP contribution < -0.4 is 15.4 Å². The number of carbonyl (C=O) groups excluding carboxylic acids is 1. The number of hydrogen-bond donors (Lipinski definition) is 2. The average Bonchev–Trinajstić information content (AvgIpc) is 2.96. The first-order chi connectivity index (χ1) is 11.7. The Kier molecular flexibility index (Phi) is 7.19. The number of benzene rings is 1. The van der Waals surface area contributed by atoms with Crippen LogP contribution in [0, 0.1) is 6.92 Å². The zero-order valence-corrected chi connectivity index (χ0v) is 15.8. The Morgan fingerprint density at radius 3 is 2.84 bits per heavy atom. The van der Waals surface area contributed by atoms with Crippen molar-refractivity contribution in [2.75, 3.05) is 32.2 Å². The predicted octanol–water partition coefficient (Wildman–Crippen LogP) is 2.87. The summed E-state index contributed by atoms with van der Waals surface area (Å²) in [6.07, 6.45) is 0.385. The van der Waals surface area contributed by atoms with Gasteiger partial charge in [0, 0.05) is 29.4 Å². The van der Waals surface area contributed by atoms with E-state index in [0.717, 1.165) is 28.4 Å². The van der Waals surface area contributed by atoms with Gasteiger partial charge in [-0.3, -0.25) is 4.79 Å². The van der Waals surface area contributed by atoms with Crippen LogP contribution in [0.2, 0.25) is 0 Å². The van der Waals surface area contributed by atoms with Gasteiger partial charge in [-0.2, -0.15) is 0 Å². The summed E-state index contributed by atoms with van der Waals surface area (Å²) in [5.41, 5.74) is 1.89. The number of nitrogens with one attached hydrogen (secondary N) is 2. The van der Waals surface area contributed by atoms with E-state index in [9.17, 15) is 4.79 Å². The molecule has 1 aliphatic heterocycles. The Labute approximate surface area is 157 Å². The van der Waals surface area contributed by atoms with Gasteiger partial charge in [-0.15, -0.1) is 23.7 Å². The minimum Gasteiger partial charge on any atom is -0.497 e. The first-order valence-electron chi connectivity index (χ1n) is 7.88. The zero-order chi connectivity index (χ0) is 16.9. The molecule has 1 atom stereocenters. The molecule has 3 rings (SSSR count). The maximum Gasteiger partial charge on any atom is 0.227 e. The number of rotatable bonds is 5. The number of carbonyl (C=O) groups is 1. The van der Waals surface area contributed by atoms with Gasteiger partial charge in [0.2, 0.25) is 5.91 Å². The molecule has 1 aromatic carbocycles. The van der Waals surface area contributed by atoms with Gasteiger partial charge in [0.15, 0.2) is 5.13 Å². The molecule has 1 aromatic heterocycles. The summed E-state index contributed by atoms with van der Waals surface area (Å²) < 4.78 is 10.5. The molecule has 0 saturated carbocycles. The van der Waals surface area contributed by atoms with E-state index in [1.807, 2.05) is 31.2 Å². The molecule has 2 heterocycles. The molecule has 0 spiro atoms. The van der Waals surface area contributed by atoms with Crippen molar-refractivity contribution in [3.8, 4) is 17.0 Å². The summed E-state index contributed by atoms with van der Waals surface area (Å²) in [6.45, 7) is 4.07. The van der Waals surface area contributed by atoms with Crippen molar-refractivity contribution in [2.45, 2.75) is 19.4 Å². The number of ether oxygens (including phenoxy) is 2. The van der Waals surface area contributed by atoms with Gasteiger partial charge < -0.3 is 20.1 Å². The predicted molar refractivity (Wildman–Crippen MR) is 102 cm³/mol. The maximum absolute atomic E-state index is 12.2. The first kappa shape index (κ1) is 19.7. The number of aromatic nitrogens is 1. The van der Waals surface area contributed by atoms with E-state index in [2.05, 4.69) is 15.6 Å². The SMILES string of the molecule is COc1ccc(-c2nc(NC(=O)CC3COCCN3)sc2C)cc1.Cl. The second kappa shape index (κ2) is 9.15. The number of anilines is 1. The zero-order valence-electron chi connectivity index (χ0n) is 14.2. The molecule has 2 aromatic rings. The standard InChI is InChI=1S/C17H21N3O3S.ClH/c1-11-16(12-3-5-14(22-2)6-4-12)20-17(24-11)19-15(21)9-13-10-23-8-7-18-13;/h3-6,13,18H,7-10H2,1-2H3,(H,19,20,21);1H. The Balaban J connectivity index is 0.00000225. The van der Waals surface area contributed by atoms with Crippen molar-refractivity contribution in [1.29, 1.82) is 0 Å². The third-order valence-corrected chi connectivity index (χ3v) is 4.72. The minimum atomic E-state index is -0.0481. The lowest BCUT2D eigenvalue weighted by atomic mass is 10.1. The molecular formula is C17H22ClN3O3S. The number of nitrogens with zero attached hydrogens (tertiary/aromatic N) is 1. The summed E-state index contributed by atoms with van der Waals surface area (Å²) in [5, 5.41) is 6.79. The molecule has 0 aliphatic carbocycles. The second-order valence-electron chi connectivity index (χ2n) is 5.63. The van der Waals surface area contributed by atoms with Gasteiger partial charge in [-0.1, -0.05) is 0 Å². The topological polar surface area (TPSA) is 72.5 Å². The van der Waals surface area contributed by atoms with E-state index in [1.54, 1.807) is 7.11 Å². The highest BCUT2D eigenvalue weighted by Gasteiger charge is 2.18. The van der Waals surface area contributed by atoms with Crippen LogP contribution in [0.3, 0.4) is 0 Å². The second-order valence-corrected chi connectivity index (χ2v) is 6.83. The third-order valence-electron chi connectivity index (χ3n) is 3.84. The number of amides is 1. The van der Waals surface area contributed by atoms with Crippen molar-refractivity contribution in [2.24, 2.45) is 0 Å². The third kappa shape index (κ3) is 5.15.